The van der Waals surface area contributed by atoms with Gasteiger partial charge in [0.15, 0.2) is 5.65 Å². The molecule has 7 heteroatoms. The molecule has 112 valence electrons. The van der Waals surface area contributed by atoms with E-state index in [9.17, 15) is 14.0 Å². The van der Waals surface area contributed by atoms with Crippen LogP contribution in [0.4, 0.5) is 4.39 Å². The van der Waals surface area contributed by atoms with E-state index < -0.39 is 11.2 Å². The summed E-state index contributed by atoms with van der Waals surface area (Å²) in [5, 5.41) is 0.273. The van der Waals surface area contributed by atoms with Crippen LogP contribution >= 0.6 is 0 Å². The average molecular weight is 300 g/mol. The maximum absolute atomic E-state index is 12.9. The fraction of sp³-hybridized carbons (Fsp3) is 0.200. The fourth-order valence-corrected chi connectivity index (χ4v) is 2.28. The van der Waals surface area contributed by atoms with Gasteiger partial charge in [-0.05, 0) is 24.6 Å². The molecule has 0 atom stereocenters. The van der Waals surface area contributed by atoms with Crippen molar-refractivity contribution in [1.82, 2.24) is 19.1 Å². The molecule has 0 saturated heterocycles. The molecule has 0 fully saturated rings. The van der Waals surface area contributed by atoms with Crippen molar-refractivity contribution in [2.45, 2.75) is 13.5 Å². The molecule has 0 aliphatic carbocycles. The normalized spacial score (nSPS) is 11.0. The maximum atomic E-state index is 12.9. The first-order valence-electron chi connectivity index (χ1n) is 6.65. The Morgan fingerprint density at radius 3 is 2.55 bits per heavy atom. The average Bonchev–Trinajstić information content (AvgIpc) is 2.51. The van der Waals surface area contributed by atoms with Gasteiger partial charge in [0.2, 0.25) is 0 Å². The molecule has 0 aliphatic rings. The van der Waals surface area contributed by atoms with E-state index in [1.165, 1.54) is 35.0 Å². The number of halogens is 1. The van der Waals surface area contributed by atoms with Crippen LogP contribution in [0, 0.1) is 12.7 Å². The molecule has 2 aromatic heterocycles. The molecular weight excluding hydrogens is 287 g/mol. The van der Waals surface area contributed by atoms with E-state index in [4.69, 9.17) is 0 Å². The largest absolute Gasteiger partial charge is 0.332 e. The van der Waals surface area contributed by atoms with Crippen LogP contribution in [-0.2, 0) is 13.6 Å². The van der Waals surface area contributed by atoms with Crippen molar-refractivity contribution >= 4 is 11.0 Å². The summed E-state index contributed by atoms with van der Waals surface area (Å²) < 4.78 is 15.3. The summed E-state index contributed by atoms with van der Waals surface area (Å²) in [4.78, 5) is 33.0. The summed E-state index contributed by atoms with van der Waals surface area (Å²) >= 11 is 0. The highest BCUT2D eigenvalue weighted by Gasteiger charge is 2.13. The molecule has 0 aliphatic heterocycles. The Balaban J connectivity index is 2.22. The monoisotopic (exact) mass is 300 g/mol. The van der Waals surface area contributed by atoms with E-state index in [1.54, 1.807) is 14.0 Å². The van der Waals surface area contributed by atoms with Crippen LogP contribution in [0.5, 0.6) is 0 Å². The van der Waals surface area contributed by atoms with Crippen LogP contribution in [-0.4, -0.2) is 19.1 Å². The summed E-state index contributed by atoms with van der Waals surface area (Å²) in [6, 6.07) is 5.66. The smallest absolute Gasteiger partial charge is 0.280 e. The minimum absolute atomic E-state index is 0.0651. The van der Waals surface area contributed by atoms with Crippen LogP contribution in [0.25, 0.3) is 11.0 Å². The molecule has 22 heavy (non-hydrogen) atoms. The zero-order valence-corrected chi connectivity index (χ0v) is 12.1. The Morgan fingerprint density at radius 1 is 1.18 bits per heavy atom. The first kappa shape index (κ1) is 14.1. The lowest BCUT2D eigenvalue weighted by Gasteiger charge is -2.10. The van der Waals surface area contributed by atoms with E-state index in [-0.39, 0.29) is 17.7 Å². The van der Waals surface area contributed by atoms with E-state index in [0.29, 0.717) is 17.0 Å². The zero-order valence-electron chi connectivity index (χ0n) is 12.1. The molecular formula is C15H13FN4O2. The predicted molar refractivity (Wildman–Crippen MR) is 79.3 cm³/mol. The Kier molecular flexibility index (Phi) is 3.32. The van der Waals surface area contributed by atoms with Crippen molar-refractivity contribution in [3.05, 3.63) is 68.5 Å². The number of hydrogen-bond acceptors (Lipinski definition) is 4. The highest BCUT2D eigenvalue weighted by atomic mass is 19.1. The van der Waals surface area contributed by atoms with Crippen LogP contribution in [0.15, 0.2) is 40.1 Å². The first-order chi connectivity index (χ1) is 10.5. The van der Waals surface area contributed by atoms with Gasteiger partial charge >= 0.3 is 5.69 Å². The quantitative estimate of drug-likeness (QED) is 0.707. The third kappa shape index (κ3) is 2.30. The van der Waals surface area contributed by atoms with Gasteiger partial charge in [0.25, 0.3) is 5.56 Å². The summed E-state index contributed by atoms with van der Waals surface area (Å²) in [7, 11) is 1.55. The molecule has 0 spiro atoms. The molecule has 3 rings (SSSR count). The molecule has 1 aromatic carbocycles. The molecule has 0 amide bonds. The van der Waals surface area contributed by atoms with Gasteiger partial charge in [-0.2, -0.15) is 0 Å². The Labute approximate surface area is 124 Å². The second-order valence-corrected chi connectivity index (χ2v) is 5.01. The number of fused-ring (bicyclic) bond motifs is 1. The van der Waals surface area contributed by atoms with Crippen molar-refractivity contribution < 1.29 is 4.39 Å². The number of aryl methyl sites for hydroxylation is 2. The van der Waals surface area contributed by atoms with Crippen molar-refractivity contribution in [2.75, 3.05) is 0 Å². The summed E-state index contributed by atoms with van der Waals surface area (Å²) in [5.74, 6) is 0.115. The van der Waals surface area contributed by atoms with E-state index in [1.807, 2.05) is 0 Å². The number of aromatic nitrogens is 4. The minimum Gasteiger partial charge on any atom is -0.280 e. The number of rotatable bonds is 2. The van der Waals surface area contributed by atoms with E-state index in [0.717, 1.165) is 4.57 Å². The van der Waals surface area contributed by atoms with Gasteiger partial charge in [0.05, 0.1) is 6.54 Å². The zero-order chi connectivity index (χ0) is 15.9. The Hall–Kier alpha value is -2.83. The second kappa shape index (κ2) is 5.18. The Bertz CT molecular complexity index is 974. The third-order valence-corrected chi connectivity index (χ3v) is 3.45. The van der Waals surface area contributed by atoms with Crippen LogP contribution in [0.1, 0.15) is 11.4 Å². The molecule has 0 radical (unpaired) electrons. The molecule has 0 bridgehead atoms. The number of nitrogens with zero attached hydrogens (tertiary/aromatic N) is 4. The predicted octanol–water partition coefficient (Wildman–Crippen LogP) is 0.986. The molecule has 0 unspecified atom stereocenters. The van der Waals surface area contributed by atoms with E-state index in [2.05, 4.69) is 9.97 Å². The molecule has 0 N–H and O–H groups in total. The van der Waals surface area contributed by atoms with E-state index >= 15 is 0 Å². The summed E-state index contributed by atoms with van der Waals surface area (Å²) in [6.45, 7) is 1.75. The molecule has 2 heterocycles. The number of benzene rings is 1. The first-order valence-corrected chi connectivity index (χ1v) is 6.65. The molecule has 0 saturated carbocycles. The lowest BCUT2D eigenvalue weighted by Crippen LogP contribution is -2.39. The van der Waals surface area contributed by atoms with Gasteiger partial charge in [0, 0.05) is 13.2 Å². The lowest BCUT2D eigenvalue weighted by atomic mass is 10.2. The number of hydrogen-bond donors (Lipinski definition) is 0. The standard InChI is InChI=1S/C15H13FN4O2/c1-9-17-7-12-13(18-9)19(2)15(22)20(14(12)21)8-10-3-5-11(16)6-4-10/h3-7H,8H2,1-2H3. The van der Waals surface area contributed by atoms with Crippen molar-refractivity contribution in [3.8, 4) is 0 Å². The van der Waals surface area contributed by atoms with Crippen LogP contribution in [0.3, 0.4) is 0 Å². The highest BCUT2D eigenvalue weighted by Crippen LogP contribution is 2.06. The second-order valence-electron chi connectivity index (χ2n) is 5.01. The fourth-order valence-electron chi connectivity index (χ4n) is 2.28. The maximum Gasteiger partial charge on any atom is 0.332 e. The third-order valence-electron chi connectivity index (χ3n) is 3.45. The summed E-state index contributed by atoms with van der Waals surface area (Å²) in [5.41, 5.74) is 0.0354. The van der Waals surface area contributed by atoms with Crippen molar-refractivity contribution in [3.63, 3.8) is 0 Å². The van der Waals surface area contributed by atoms with Gasteiger partial charge in [-0.3, -0.25) is 13.9 Å². The SMILES string of the molecule is Cc1ncc2c(=O)n(Cc3ccc(F)cc3)c(=O)n(C)c2n1. The van der Waals surface area contributed by atoms with Gasteiger partial charge in [0.1, 0.15) is 17.0 Å². The summed E-state index contributed by atoms with van der Waals surface area (Å²) in [6.07, 6.45) is 1.42. The van der Waals surface area contributed by atoms with Crippen molar-refractivity contribution in [2.24, 2.45) is 7.05 Å². The van der Waals surface area contributed by atoms with Crippen LogP contribution in [0.2, 0.25) is 0 Å². The van der Waals surface area contributed by atoms with Crippen molar-refractivity contribution in [1.29, 1.82) is 0 Å². The topological polar surface area (TPSA) is 69.8 Å². The van der Waals surface area contributed by atoms with Crippen LogP contribution < -0.4 is 11.2 Å². The van der Waals surface area contributed by atoms with Gasteiger partial charge in [-0.15, -0.1) is 0 Å². The Morgan fingerprint density at radius 2 is 1.86 bits per heavy atom. The van der Waals surface area contributed by atoms with Gasteiger partial charge in [-0.1, -0.05) is 12.1 Å². The van der Waals surface area contributed by atoms with Gasteiger partial charge in [-0.25, -0.2) is 19.2 Å². The molecule has 6 nitrogen and oxygen atoms in total. The molecule has 3 aromatic rings. The highest BCUT2D eigenvalue weighted by molar-refractivity contribution is 5.72. The van der Waals surface area contributed by atoms with Gasteiger partial charge < -0.3 is 0 Å². The lowest BCUT2D eigenvalue weighted by molar-refractivity contribution is 0.623. The minimum atomic E-state index is -0.472.